The molecule has 0 aromatic carbocycles. The summed E-state index contributed by atoms with van der Waals surface area (Å²) in [6.07, 6.45) is 0. The van der Waals surface area contributed by atoms with Crippen LogP contribution in [0.4, 0.5) is 5.13 Å². The number of nitrogens with two attached hydrogens (primary N) is 1. The monoisotopic (exact) mass is 314 g/mol. The van der Waals surface area contributed by atoms with Crippen molar-refractivity contribution in [2.45, 2.75) is 17.8 Å². The van der Waals surface area contributed by atoms with Crippen molar-refractivity contribution < 1.29 is 4.79 Å². The summed E-state index contributed by atoms with van der Waals surface area (Å²) in [6, 6.07) is 2.07. The van der Waals surface area contributed by atoms with Gasteiger partial charge in [0.25, 0.3) is 0 Å². The number of nitrogen functional groups attached to an aromatic ring is 1. The third kappa shape index (κ3) is 3.92. The molecule has 0 aliphatic carbocycles. The van der Waals surface area contributed by atoms with Crippen LogP contribution in [-0.2, 0) is 11.3 Å². The van der Waals surface area contributed by atoms with E-state index in [4.69, 9.17) is 5.73 Å². The predicted octanol–water partition coefficient (Wildman–Crippen LogP) is 2.24. The first-order chi connectivity index (χ1) is 9.06. The SMILES string of the molecule is Cc1ccsc1CN(C)C(=O)CSc1nnc(N)s1. The van der Waals surface area contributed by atoms with Gasteiger partial charge in [0.05, 0.1) is 12.3 Å². The molecule has 0 bridgehead atoms. The third-order valence-electron chi connectivity index (χ3n) is 2.52. The fourth-order valence-electron chi connectivity index (χ4n) is 1.38. The van der Waals surface area contributed by atoms with E-state index in [0.717, 1.165) is 4.34 Å². The van der Waals surface area contributed by atoms with E-state index >= 15 is 0 Å². The molecule has 2 rings (SSSR count). The molecule has 19 heavy (non-hydrogen) atoms. The molecular weight excluding hydrogens is 300 g/mol. The number of thioether (sulfide) groups is 1. The molecule has 0 radical (unpaired) electrons. The quantitative estimate of drug-likeness (QED) is 0.857. The van der Waals surface area contributed by atoms with Gasteiger partial charge in [0.15, 0.2) is 4.34 Å². The number of aromatic nitrogens is 2. The lowest BCUT2D eigenvalue weighted by Crippen LogP contribution is -2.27. The van der Waals surface area contributed by atoms with Gasteiger partial charge in [-0.05, 0) is 23.9 Å². The number of carbonyl (C=O) groups is 1. The van der Waals surface area contributed by atoms with Gasteiger partial charge < -0.3 is 10.6 Å². The van der Waals surface area contributed by atoms with E-state index in [9.17, 15) is 4.79 Å². The molecular formula is C11H14N4OS3. The van der Waals surface area contributed by atoms with E-state index in [1.54, 1.807) is 16.2 Å². The van der Waals surface area contributed by atoms with Gasteiger partial charge in [0.1, 0.15) is 0 Å². The van der Waals surface area contributed by atoms with Crippen LogP contribution in [0.5, 0.6) is 0 Å². The molecule has 0 fully saturated rings. The normalized spacial score (nSPS) is 10.6. The summed E-state index contributed by atoms with van der Waals surface area (Å²) in [6.45, 7) is 2.71. The van der Waals surface area contributed by atoms with E-state index in [-0.39, 0.29) is 5.91 Å². The minimum atomic E-state index is 0.0755. The van der Waals surface area contributed by atoms with Crippen molar-refractivity contribution in [2.24, 2.45) is 0 Å². The molecule has 1 amide bonds. The molecule has 2 aromatic heterocycles. The van der Waals surface area contributed by atoms with Gasteiger partial charge in [-0.1, -0.05) is 23.1 Å². The number of rotatable bonds is 5. The molecule has 0 aliphatic heterocycles. The van der Waals surface area contributed by atoms with Crippen molar-refractivity contribution in [3.8, 4) is 0 Å². The molecule has 0 aliphatic rings. The van der Waals surface area contributed by atoms with Gasteiger partial charge in [0, 0.05) is 11.9 Å². The number of hydrogen-bond acceptors (Lipinski definition) is 7. The van der Waals surface area contributed by atoms with Gasteiger partial charge in [0.2, 0.25) is 11.0 Å². The summed E-state index contributed by atoms with van der Waals surface area (Å²) >= 11 is 4.35. The van der Waals surface area contributed by atoms with Crippen molar-refractivity contribution in [2.75, 3.05) is 18.5 Å². The Hall–Kier alpha value is -1.12. The van der Waals surface area contributed by atoms with Gasteiger partial charge >= 0.3 is 0 Å². The van der Waals surface area contributed by atoms with E-state index in [1.165, 1.54) is 33.5 Å². The van der Waals surface area contributed by atoms with Gasteiger partial charge in [-0.15, -0.1) is 21.5 Å². The van der Waals surface area contributed by atoms with Crippen LogP contribution in [0.3, 0.4) is 0 Å². The number of aryl methyl sites for hydroxylation is 1. The first kappa shape index (κ1) is 14.3. The van der Waals surface area contributed by atoms with E-state index in [0.29, 0.717) is 17.4 Å². The van der Waals surface area contributed by atoms with Gasteiger partial charge in [-0.3, -0.25) is 4.79 Å². The zero-order chi connectivity index (χ0) is 13.8. The smallest absolute Gasteiger partial charge is 0.233 e. The molecule has 102 valence electrons. The summed E-state index contributed by atoms with van der Waals surface area (Å²) < 4.78 is 0.728. The molecule has 0 spiro atoms. The highest BCUT2D eigenvalue weighted by Gasteiger charge is 2.13. The maximum Gasteiger partial charge on any atom is 0.233 e. The van der Waals surface area contributed by atoms with E-state index in [2.05, 4.69) is 23.2 Å². The van der Waals surface area contributed by atoms with Gasteiger partial charge in [-0.25, -0.2) is 0 Å². The Morgan fingerprint density at radius 2 is 2.32 bits per heavy atom. The number of anilines is 1. The van der Waals surface area contributed by atoms with Crippen LogP contribution in [0.1, 0.15) is 10.4 Å². The Morgan fingerprint density at radius 3 is 2.89 bits per heavy atom. The fraction of sp³-hybridized carbons (Fsp3) is 0.364. The molecule has 2 N–H and O–H groups in total. The van der Waals surface area contributed by atoms with Crippen LogP contribution in [0.2, 0.25) is 0 Å². The topological polar surface area (TPSA) is 72.1 Å². The summed E-state index contributed by atoms with van der Waals surface area (Å²) in [4.78, 5) is 15.0. The molecule has 2 heterocycles. The minimum Gasteiger partial charge on any atom is -0.374 e. The Bertz CT molecular complexity index is 566. The Morgan fingerprint density at radius 1 is 1.53 bits per heavy atom. The maximum atomic E-state index is 12.0. The van der Waals surface area contributed by atoms with Crippen LogP contribution in [0, 0.1) is 6.92 Å². The van der Waals surface area contributed by atoms with Crippen molar-refractivity contribution in [3.63, 3.8) is 0 Å². The number of amides is 1. The molecule has 0 saturated carbocycles. The first-order valence-electron chi connectivity index (χ1n) is 5.55. The Kier molecular flexibility index (Phi) is 4.78. The lowest BCUT2D eigenvalue weighted by molar-refractivity contribution is -0.127. The second-order valence-electron chi connectivity index (χ2n) is 3.97. The molecule has 0 atom stereocenters. The summed E-state index contributed by atoms with van der Waals surface area (Å²) in [5.41, 5.74) is 6.72. The summed E-state index contributed by atoms with van der Waals surface area (Å²) in [7, 11) is 1.82. The number of carbonyl (C=O) groups excluding carboxylic acids is 1. The van der Waals surface area contributed by atoms with Crippen molar-refractivity contribution in [1.29, 1.82) is 0 Å². The molecule has 0 saturated heterocycles. The largest absolute Gasteiger partial charge is 0.374 e. The Balaban J connectivity index is 1.84. The first-order valence-corrected chi connectivity index (χ1v) is 8.23. The van der Waals surface area contributed by atoms with Crippen molar-refractivity contribution in [3.05, 3.63) is 21.9 Å². The highest BCUT2D eigenvalue weighted by molar-refractivity contribution is 8.01. The second-order valence-corrected chi connectivity index (χ2v) is 7.20. The van der Waals surface area contributed by atoms with E-state index in [1.807, 2.05) is 12.4 Å². The number of hydrogen-bond donors (Lipinski definition) is 1. The molecule has 5 nitrogen and oxygen atoms in total. The van der Waals surface area contributed by atoms with Crippen molar-refractivity contribution in [1.82, 2.24) is 15.1 Å². The third-order valence-corrected chi connectivity index (χ3v) is 5.39. The number of thiophene rings is 1. The van der Waals surface area contributed by atoms with Crippen LogP contribution in [0.15, 0.2) is 15.8 Å². The van der Waals surface area contributed by atoms with Crippen LogP contribution in [-0.4, -0.2) is 33.8 Å². The van der Waals surface area contributed by atoms with E-state index < -0.39 is 0 Å². The average Bonchev–Trinajstić information content (AvgIpc) is 2.96. The average molecular weight is 314 g/mol. The predicted molar refractivity (Wildman–Crippen MR) is 80.6 cm³/mol. The zero-order valence-corrected chi connectivity index (χ0v) is 13.1. The zero-order valence-electron chi connectivity index (χ0n) is 10.6. The lowest BCUT2D eigenvalue weighted by Gasteiger charge is -2.16. The maximum absolute atomic E-state index is 12.0. The fourth-order valence-corrected chi connectivity index (χ4v) is 3.92. The Labute approximate surface area is 123 Å². The van der Waals surface area contributed by atoms with Crippen LogP contribution < -0.4 is 5.73 Å². The summed E-state index contributed by atoms with van der Waals surface area (Å²) in [5.74, 6) is 0.432. The summed E-state index contributed by atoms with van der Waals surface area (Å²) in [5, 5.41) is 10.1. The molecule has 2 aromatic rings. The highest BCUT2D eigenvalue weighted by Crippen LogP contribution is 2.24. The molecule has 0 unspecified atom stereocenters. The minimum absolute atomic E-state index is 0.0755. The standard InChI is InChI=1S/C11H14N4OS3/c1-7-3-4-17-8(7)5-15(2)9(16)6-18-11-14-13-10(12)19-11/h3-4H,5-6H2,1-2H3,(H2,12,13). The van der Waals surface area contributed by atoms with Crippen molar-refractivity contribution >= 4 is 45.5 Å². The molecule has 8 heteroatoms. The lowest BCUT2D eigenvalue weighted by atomic mass is 10.3. The van der Waals surface area contributed by atoms with Crippen LogP contribution in [0.25, 0.3) is 0 Å². The second kappa shape index (κ2) is 6.36. The number of nitrogens with zero attached hydrogens (tertiary/aromatic N) is 3. The van der Waals surface area contributed by atoms with Crippen LogP contribution >= 0.6 is 34.4 Å². The highest BCUT2D eigenvalue weighted by atomic mass is 32.2. The van der Waals surface area contributed by atoms with Gasteiger partial charge in [-0.2, -0.15) is 0 Å².